The maximum Gasteiger partial charge on any atom is 0.321 e. The summed E-state index contributed by atoms with van der Waals surface area (Å²) in [5, 5.41) is 7.40. The highest BCUT2D eigenvalue weighted by Crippen LogP contribution is 2.30. The van der Waals surface area contributed by atoms with Gasteiger partial charge in [0.2, 0.25) is 0 Å². The predicted molar refractivity (Wildman–Crippen MR) is 96.5 cm³/mol. The van der Waals surface area contributed by atoms with Crippen molar-refractivity contribution in [2.24, 2.45) is 7.05 Å². The van der Waals surface area contributed by atoms with Crippen molar-refractivity contribution in [3.63, 3.8) is 0 Å². The molecule has 2 heterocycles. The Hall–Kier alpha value is -2.30. The van der Waals surface area contributed by atoms with Crippen LogP contribution in [0.4, 0.5) is 10.5 Å². The van der Waals surface area contributed by atoms with Gasteiger partial charge in [-0.1, -0.05) is 23.8 Å². The highest BCUT2D eigenvalue weighted by Gasteiger charge is 2.29. The van der Waals surface area contributed by atoms with Crippen LogP contribution in [0.2, 0.25) is 0 Å². The summed E-state index contributed by atoms with van der Waals surface area (Å²) >= 11 is 0. The minimum Gasteiger partial charge on any atom is -0.324 e. The summed E-state index contributed by atoms with van der Waals surface area (Å²) in [6.07, 6.45) is 1.02. The number of rotatable bonds is 2. The number of carbonyl (C=O) groups excluding carboxylic acids is 1. The third-order valence-corrected chi connectivity index (χ3v) is 5.08. The molecule has 1 unspecified atom stereocenters. The molecule has 1 aromatic carbocycles. The van der Waals surface area contributed by atoms with Crippen molar-refractivity contribution >= 4 is 11.7 Å². The van der Waals surface area contributed by atoms with Crippen molar-refractivity contribution < 1.29 is 4.79 Å². The zero-order valence-corrected chi connectivity index (χ0v) is 15.2. The van der Waals surface area contributed by atoms with Crippen LogP contribution in [0, 0.1) is 27.7 Å². The molecular formula is C19H26N4O. The molecule has 5 heteroatoms. The molecule has 0 spiro atoms. The van der Waals surface area contributed by atoms with Crippen LogP contribution in [-0.4, -0.2) is 33.8 Å². The molecule has 1 N–H and O–H groups in total. The molecule has 1 aliphatic rings. The molecule has 2 aromatic rings. The summed E-state index contributed by atoms with van der Waals surface area (Å²) in [7, 11) is 1.89. The second kappa shape index (κ2) is 6.30. The van der Waals surface area contributed by atoms with Gasteiger partial charge in [-0.05, 0) is 45.2 Å². The maximum absolute atomic E-state index is 12.6. The summed E-state index contributed by atoms with van der Waals surface area (Å²) in [6.45, 7) is 9.73. The molecule has 24 heavy (non-hydrogen) atoms. The largest absolute Gasteiger partial charge is 0.324 e. The van der Waals surface area contributed by atoms with Gasteiger partial charge in [0, 0.05) is 26.1 Å². The SMILES string of the molecule is Cc1ccc(C2CCN(C(=O)Nc3c(C)nn(C)c3C)C2)c(C)c1. The quantitative estimate of drug-likeness (QED) is 0.915. The molecule has 1 atom stereocenters. The second-order valence-corrected chi connectivity index (χ2v) is 6.89. The molecule has 128 valence electrons. The Morgan fingerprint density at radius 2 is 2.00 bits per heavy atom. The lowest BCUT2D eigenvalue weighted by Gasteiger charge is -2.18. The minimum atomic E-state index is -0.0264. The lowest BCUT2D eigenvalue weighted by Crippen LogP contribution is -2.33. The van der Waals surface area contributed by atoms with Gasteiger partial charge in [-0.2, -0.15) is 5.10 Å². The molecule has 0 radical (unpaired) electrons. The molecule has 5 nitrogen and oxygen atoms in total. The topological polar surface area (TPSA) is 50.2 Å². The van der Waals surface area contributed by atoms with E-state index >= 15 is 0 Å². The Labute approximate surface area is 143 Å². The number of carbonyl (C=O) groups is 1. The van der Waals surface area contributed by atoms with E-state index < -0.39 is 0 Å². The lowest BCUT2D eigenvalue weighted by atomic mass is 9.93. The lowest BCUT2D eigenvalue weighted by molar-refractivity contribution is 0.222. The molecule has 1 aromatic heterocycles. The molecule has 0 bridgehead atoms. The number of likely N-dealkylation sites (tertiary alicyclic amines) is 1. The highest BCUT2D eigenvalue weighted by molar-refractivity contribution is 5.90. The van der Waals surface area contributed by atoms with Crippen molar-refractivity contribution in [3.8, 4) is 0 Å². The molecule has 1 fully saturated rings. The number of hydrogen-bond acceptors (Lipinski definition) is 2. The van der Waals surface area contributed by atoms with Crippen LogP contribution in [0.15, 0.2) is 18.2 Å². The Morgan fingerprint density at radius 1 is 1.25 bits per heavy atom. The number of aryl methyl sites for hydroxylation is 4. The first-order valence-corrected chi connectivity index (χ1v) is 8.50. The maximum atomic E-state index is 12.6. The van der Waals surface area contributed by atoms with Gasteiger partial charge in [-0.15, -0.1) is 0 Å². The summed E-state index contributed by atoms with van der Waals surface area (Å²) in [6, 6.07) is 6.57. The fraction of sp³-hybridized carbons (Fsp3) is 0.474. The normalized spacial score (nSPS) is 17.4. The van der Waals surface area contributed by atoms with E-state index in [-0.39, 0.29) is 6.03 Å². The van der Waals surface area contributed by atoms with E-state index in [9.17, 15) is 4.79 Å². The van der Waals surface area contributed by atoms with Crippen LogP contribution < -0.4 is 5.32 Å². The summed E-state index contributed by atoms with van der Waals surface area (Å²) in [5.41, 5.74) is 6.63. The van der Waals surface area contributed by atoms with E-state index in [2.05, 4.69) is 42.5 Å². The molecule has 1 aliphatic heterocycles. The number of amides is 2. The monoisotopic (exact) mass is 326 g/mol. The Kier molecular flexibility index (Phi) is 4.35. The number of benzene rings is 1. The van der Waals surface area contributed by atoms with Crippen molar-refractivity contribution in [2.75, 3.05) is 18.4 Å². The first kappa shape index (κ1) is 16.6. The zero-order valence-electron chi connectivity index (χ0n) is 15.2. The Morgan fingerprint density at radius 3 is 2.62 bits per heavy atom. The number of nitrogens with zero attached hydrogens (tertiary/aromatic N) is 3. The highest BCUT2D eigenvalue weighted by atomic mass is 16.2. The van der Waals surface area contributed by atoms with Crippen LogP contribution in [-0.2, 0) is 7.05 Å². The zero-order chi connectivity index (χ0) is 17.4. The average molecular weight is 326 g/mol. The van der Waals surface area contributed by atoms with Gasteiger partial charge < -0.3 is 10.2 Å². The number of nitrogens with one attached hydrogen (secondary N) is 1. The number of aromatic nitrogens is 2. The van der Waals surface area contributed by atoms with Crippen LogP contribution >= 0.6 is 0 Å². The predicted octanol–water partition coefficient (Wildman–Crippen LogP) is 3.68. The van der Waals surface area contributed by atoms with Crippen molar-refractivity contribution in [2.45, 2.75) is 40.0 Å². The van der Waals surface area contributed by atoms with Gasteiger partial charge in [-0.25, -0.2) is 4.79 Å². The van der Waals surface area contributed by atoms with Crippen molar-refractivity contribution in [1.29, 1.82) is 0 Å². The van der Waals surface area contributed by atoms with E-state index in [0.29, 0.717) is 5.92 Å². The van der Waals surface area contributed by atoms with E-state index in [1.54, 1.807) is 4.68 Å². The van der Waals surface area contributed by atoms with Crippen LogP contribution in [0.25, 0.3) is 0 Å². The van der Waals surface area contributed by atoms with E-state index in [1.807, 2.05) is 25.8 Å². The van der Waals surface area contributed by atoms with Gasteiger partial charge in [0.1, 0.15) is 0 Å². The third kappa shape index (κ3) is 3.03. The summed E-state index contributed by atoms with van der Waals surface area (Å²) < 4.78 is 1.80. The van der Waals surface area contributed by atoms with Crippen LogP contribution in [0.5, 0.6) is 0 Å². The smallest absolute Gasteiger partial charge is 0.321 e. The Bertz CT molecular complexity index is 778. The van der Waals surface area contributed by atoms with Gasteiger partial charge in [0.15, 0.2) is 0 Å². The summed E-state index contributed by atoms with van der Waals surface area (Å²) in [5.74, 6) is 0.424. The number of anilines is 1. The van der Waals surface area contributed by atoms with Gasteiger partial charge in [-0.3, -0.25) is 4.68 Å². The molecule has 0 saturated carbocycles. The second-order valence-electron chi connectivity index (χ2n) is 6.89. The van der Waals surface area contributed by atoms with E-state index in [1.165, 1.54) is 16.7 Å². The molecule has 2 amide bonds. The first-order valence-electron chi connectivity index (χ1n) is 8.50. The fourth-order valence-corrected chi connectivity index (χ4v) is 3.62. The first-order chi connectivity index (χ1) is 11.4. The standard InChI is InChI=1S/C19H26N4O/c1-12-6-7-17(13(2)10-12)16-8-9-23(11-16)19(24)20-18-14(3)21-22(5)15(18)4/h6-7,10,16H,8-9,11H2,1-5H3,(H,20,24). The molecule has 0 aliphatic carbocycles. The molecular weight excluding hydrogens is 300 g/mol. The van der Waals surface area contributed by atoms with Crippen molar-refractivity contribution in [1.82, 2.24) is 14.7 Å². The average Bonchev–Trinajstić information content (AvgIpc) is 3.08. The Balaban J connectivity index is 1.70. The van der Waals surface area contributed by atoms with Crippen LogP contribution in [0.3, 0.4) is 0 Å². The van der Waals surface area contributed by atoms with Crippen molar-refractivity contribution in [3.05, 3.63) is 46.3 Å². The minimum absolute atomic E-state index is 0.0264. The van der Waals surface area contributed by atoms with Crippen LogP contribution in [0.1, 0.15) is 40.4 Å². The fourth-order valence-electron chi connectivity index (χ4n) is 3.62. The van der Waals surface area contributed by atoms with E-state index in [0.717, 1.165) is 36.6 Å². The van der Waals surface area contributed by atoms with Gasteiger partial charge in [0.05, 0.1) is 17.1 Å². The molecule has 3 rings (SSSR count). The number of urea groups is 1. The van der Waals surface area contributed by atoms with Gasteiger partial charge in [0.25, 0.3) is 0 Å². The van der Waals surface area contributed by atoms with Gasteiger partial charge >= 0.3 is 6.03 Å². The summed E-state index contributed by atoms with van der Waals surface area (Å²) in [4.78, 5) is 14.5. The third-order valence-electron chi connectivity index (χ3n) is 5.08. The molecule has 1 saturated heterocycles. The number of hydrogen-bond donors (Lipinski definition) is 1. The van der Waals surface area contributed by atoms with E-state index in [4.69, 9.17) is 0 Å².